The molecular weight excluding hydrogens is 168 g/mol. The van der Waals surface area contributed by atoms with E-state index >= 15 is 0 Å². The predicted molar refractivity (Wildman–Crippen MR) is 58.4 cm³/mol. The van der Waals surface area contributed by atoms with Crippen LogP contribution in [-0.2, 0) is 0 Å². The molecule has 0 saturated carbocycles. The predicted octanol–water partition coefficient (Wildman–Crippen LogP) is 2.05. The van der Waals surface area contributed by atoms with E-state index in [-0.39, 0.29) is 0 Å². The summed E-state index contributed by atoms with van der Waals surface area (Å²) in [6.45, 7) is 7.44. The number of nitrogens with one attached hydrogen (secondary N) is 2. The van der Waals surface area contributed by atoms with Crippen molar-refractivity contribution in [2.75, 3.05) is 6.54 Å². The van der Waals surface area contributed by atoms with E-state index in [1.165, 1.54) is 0 Å². The Kier molecular flexibility index (Phi) is 7.16. The zero-order valence-electron chi connectivity index (χ0n) is 8.31. The molecule has 2 nitrogen and oxygen atoms in total. The number of rotatable bonds is 5. The average Bonchev–Trinajstić information content (AvgIpc) is 2.10. The summed E-state index contributed by atoms with van der Waals surface area (Å²) in [5.74, 6) is 0. The fourth-order valence-corrected chi connectivity index (χ4v) is 1.24. The second-order valence-electron chi connectivity index (χ2n) is 2.91. The second-order valence-corrected chi connectivity index (χ2v) is 3.32. The van der Waals surface area contributed by atoms with Gasteiger partial charge in [0.25, 0.3) is 0 Å². The van der Waals surface area contributed by atoms with Crippen molar-refractivity contribution in [3.63, 3.8) is 0 Å². The molecule has 0 radical (unpaired) electrons. The molecule has 3 heteroatoms. The Labute approximate surface area is 81.1 Å². The Bertz CT molecular complexity index is 122. The summed E-state index contributed by atoms with van der Waals surface area (Å²) >= 11 is 5.11. The maximum atomic E-state index is 5.11. The van der Waals surface area contributed by atoms with Crippen molar-refractivity contribution in [3.8, 4) is 0 Å². The van der Waals surface area contributed by atoms with Crippen LogP contribution in [0.2, 0.25) is 0 Å². The van der Waals surface area contributed by atoms with Gasteiger partial charge in [-0.1, -0.05) is 20.8 Å². The van der Waals surface area contributed by atoms with Crippen LogP contribution in [0.3, 0.4) is 0 Å². The largest absolute Gasteiger partial charge is 0.363 e. The second kappa shape index (κ2) is 7.35. The van der Waals surface area contributed by atoms with Gasteiger partial charge in [0.05, 0.1) is 0 Å². The summed E-state index contributed by atoms with van der Waals surface area (Å²) in [5, 5.41) is 7.22. The first-order valence-electron chi connectivity index (χ1n) is 4.78. The highest BCUT2D eigenvalue weighted by Gasteiger charge is 2.03. The monoisotopic (exact) mass is 188 g/mol. The van der Waals surface area contributed by atoms with Gasteiger partial charge >= 0.3 is 0 Å². The summed E-state index contributed by atoms with van der Waals surface area (Å²) in [6.07, 6.45) is 3.37. The lowest BCUT2D eigenvalue weighted by molar-refractivity contribution is 0.564. The van der Waals surface area contributed by atoms with E-state index < -0.39 is 0 Å². The third kappa shape index (κ3) is 5.35. The Hall–Kier alpha value is -0.310. The highest BCUT2D eigenvalue weighted by atomic mass is 32.1. The average molecular weight is 188 g/mol. The van der Waals surface area contributed by atoms with Gasteiger partial charge in [-0.2, -0.15) is 0 Å². The molecule has 72 valence electrons. The van der Waals surface area contributed by atoms with Crippen molar-refractivity contribution in [2.24, 2.45) is 0 Å². The molecule has 0 amide bonds. The molecule has 0 rings (SSSR count). The topological polar surface area (TPSA) is 24.1 Å². The molecule has 0 aliphatic heterocycles. The molecule has 0 aliphatic rings. The maximum absolute atomic E-state index is 5.11. The minimum absolute atomic E-state index is 0.529. The molecule has 0 aliphatic carbocycles. The van der Waals surface area contributed by atoms with Crippen LogP contribution in [0.4, 0.5) is 0 Å². The number of thiocarbonyl (C=S) groups is 1. The van der Waals surface area contributed by atoms with Crippen molar-refractivity contribution in [1.29, 1.82) is 0 Å². The van der Waals surface area contributed by atoms with E-state index in [1.807, 2.05) is 0 Å². The Morgan fingerprint density at radius 3 is 2.25 bits per heavy atom. The lowest BCUT2D eigenvalue weighted by atomic mass is 10.2. The van der Waals surface area contributed by atoms with Crippen LogP contribution < -0.4 is 10.6 Å². The van der Waals surface area contributed by atoms with Gasteiger partial charge in [0.2, 0.25) is 0 Å². The lowest BCUT2D eigenvalue weighted by Gasteiger charge is -2.17. The SMILES string of the molecule is CCCNC(=S)NC(CC)CC. The zero-order valence-corrected chi connectivity index (χ0v) is 9.13. The van der Waals surface area contributed by atoms with Crippen LogP contribution in [0, 0.1) is 0 Å². The van der Waals surface area contributed by atoms with E-state index in [1.54, 1.807) is 0 Å². The van der Waals surface area contributed by atoms with Crippen LogP contribution >= 0.6 is 12.2 Å². The van der Waals surface area contributed by atoms with Crippen LogP contribution in [0.1, 0.15) is 40.0 Å². The van der Waals surface area contributed by atoms with Gasteiger partial charge in [-0.3, -0.25) is 0 Å². The third-order valence-electron chi connectivity index (χ3n) is 1.86. The van der Waals surface area contributed by atoms with Gasteiger partial charge < -0.3 is 10.6 Å². The molecule has 2 N–H and O–H groups in total. The molecule has 0 spiro atoms. The fraction of sp³-hybridized carbons (Fsp3) is 0.889. The summed E-state index contributed by atoms with van der Waals surface area (Å²) < 4.78 is 0. The zero-order chi connectivity index (χ0) is 9.40. The number of hydrogen-bond acceptors (Lipinski definition) is 1. The highest BCUT2D eigenvalue weighted by molar-refractivity contribution is 7.80. The summed E-state index contributed by atoms with van der Waals surface area (Å²) in [4.78, 5) is 0. The van der Waals surface area contributed by atoms with Gasteiger partial charge in [0, 0.05) is 12.6 Å². The molecule has 0 unspecified atom stereocenters. The first kappa shape index (κ1) is 11.7. The highest BCUT2D eigenvalue weighted by Crippen LogP contribution is 1.95. The molecular formula is C9H20N2S. The van der Waals surface area contributed by atoms with Crippen LogP contribution in [0.15, 0.2) is 0 Å². The first-order chi connectivity index (χ1) is 5.74. The quantitative estimate of drug-likeness (QED) is 0.646. The van der Waals surface area contributed by atoms with E-state index in [9.17, 15) is 0 Å². The smallest absolute Gasteiger partial charge is 0.166 e. The molecule has 12 heavy (non-hydrogen) atoms. The Morgan fingerprint density at radius 2 is 1.83 bits per heavy atom. The van der Waals surface area contributed by atoms with Crippen molar-refractivity contribution < 1.29 is 0 Å². The normalized spacial score (nSPS) is 10.0. The lowest BCUT2D eigenvalue weighted by Crippen LogP contribution is -2.41. The van der Waals surface area contributed by atoms with E-state index in [0.717, 1.165) is 30.9 Å². The van der Waals surface area contributed by atoms with Crippen molar-refractivity contribution in [3.05, 3.63) is 0 Å². The summed E-state index contributed by atoms with van der Waals surface area (Å²) in [6, 6.07) is 0.529. The van der Waals surface area contributed by atoms with Gasteiger partial charge in [-0.25, -0.2) is 0 Å². The van der Waals surface area contributed by atoms with Crippen LogP contribution in [-0.4, -0.2) is 17.7 Å². The van der Waals surface area contributed by atoms with E-state index in [4.69, 9.17) is 12.2 Å². The Morgan fingerprint density at radius 1 is 1.25 bits per heavy atom. The third-order valence-corrected chi connectivity index (χ3v) is 2.12. The molecule has 0 heterocycles. The van der Waals surface area contributed by atoms with Gasteiger partial charge in [-0.05, 0) is 31.5 Å². The Balaban J connectivity index is 3.52. The van der Waals surface area contributed by atoms with Gasteiger partial charge in [0.15, 0.2) is 5.11 Å². The van der Waals surface area contributed by atoms with Crippen LogP contribution in [0.25, 0.3) is 0 Å². The first-order valence-corrected chi connectivity index (χ1v) is 5.19. The maximum Gasteiger partial charge on any atom is 0.166 e. The van der Waals surface area contributed by atoms with E-state index in [2.05, 4.69) is 31.4 Å². The van der Waals surface area contributed by atoms with E-state index in [0.29, 0.717) is 6.04 Å². The summed E-state index contributed by atoms with van der Waals surface area (Å²) in [7, 11) is 0. The molecule has 0 aromatic rings. The molecule has 0 saturated heterocycles. The fourth-order valence-electron chi connectivity index (χ4n) is 0.968. The number of hydrogen-bond donors (Lipinski definition) is 2. The van der Waals surface area contributed by atoms with Crippen molar-refractivity contribution in [2.45, 2.75) is 46.1 Å². The van der Waals surface area contributed by atoms with Gasteiger partial charge in [0.1, 0.15) is 0 Å². The minimum Gasteiger partial charge on any atom is -0.363 e. The molecule has 0 atom stereocenters. The van der Waals surface area contributed by atoms with Crippen LogP contribution in [0.5, 0.6) is 0 Å². The van der Waals surface area contributed by atoms with Gasteiger partial charge in [-0.15, -0.1) is 0 Å². The molecule has 0 fully saturated rings. The molecule has 0 aromatic carbocycles. The standard InChI is InChI=1S/C9H20N2S/c1-4-7-10-9(12)11-8(5-2)6-3/h8H,4-7H2,1-3H3,(H2,10,11,12). The molecule has 0 aromatic heterocycles. The molecule has 0 bridgehead atoms. The minimum atomic E-state index is 0.529. The summed E-state index contributed by atoms with van der Waals surface area (Å²) in [5.41, 5.74) is 0. The van der Waals surface area contributed by atoms with Crippen molar-refractivity contribution >= 4 is 17.3 Å². The van der Waals surface area contributed by atoms with Crippen molar-refractivity contribution in [1.82, 2.24) is 10.6 Å².